The van der Waals surface area contributed by atoms with Crippen LogP contribution in [0.5, 0.6) is 11.5 Å². The highest BCUT2D eigenvalue weighted by Crippen LogP contribution is 2.52. The van der Waals surface area contributed by atoms with Gasteiger partial charge in [-0.05, 0) is 72.3 Å². The molecule has 2 bridgehead atoms. The Bertz CT molecular complexity index is 1150. The van der Waals surface area contributed by atoms with E-state index in [1.54, 1.807) is 24.3 Å². The molecule has 0 amide bonds. The Hall–Kier alpha value is -2.87. The van der Waals surface area contributed by atoms with Gasteiger partial charge in [-0.1, -0.05) is 92.1 Å². The summed E-state index contributed by atoms with van der Waals surface area (Å²) < 4.78 is 0. The van der Waals surface area contributed by atoms with Crippen LogP contribution in [0.2, 0.25) is 0 Å². The highest BCUT2D eigenvalue weighted by Gasteiger charge is 2.35. The molecule has 2 N–H and O–H groups in total. The molecule has 0 spiro atoms. The van der Waals surface area contributed by atoms with E-state index in [2.05, 4.69) is 50.9 Å². The predicted molar refractivity (Wildman–Crippen MR) is 156 cm³/mol. The minimum atomic E-state index is 0.0137. The molecule has 0 fully saturated rings. The lowest BCUT2D eigenvalue weighted by Crippen LogP contribution is -2.24. The number of hydrogen-bond acceptors (Lipinski definition) is 5. The van der Waals surface area contributed by atoms with Gasteiger partial charge in [-0.3, -0.25) is 0 Å². The van der Waals surface area contributed by atoms with Crippen molar-refractivity contribution in [1.82, 2.24) is 0 Å². The van der Waals surface area contributed by atoms with Crippen molar-refractivity contribution < 1.29 is 10.2 Å². The second-order valence-corrected chi connectivity index (χ2v) is 12.1. The van der Waals surface area contributed by atoms with Gasteiger partial charge in [-0.15, -0.1) is 5.11 Å². The molecule has 0 saturated heterocycles. The molecule has 0 aliphatic heterocycles. The lowest BCUT2D eigenvalue weighted by molar-refractivity contribution is 0.208. The van der Waals surface area contributed by atoms with Crippen LogP contribution in [0.1, 0.15) is 128 Å². The Kier molecular flexibility index (Phi) is 10.4. The van der Waals surface area contributed by atoms with Gasteiger partial charge in [0.25, 0.3) is 0 Å². The number of azo groups is 1. The summed E-state index contributed by atoms with van der Waals surface area (Å²) in [5, 5.41) is 40.9. The summed E-state index contributed by atoms with van der Waals surface area (Å²) in [5.41, 5.74) is 2.90. The van der Waals surface area contributed by atoms with Gasteiger partial charge in [0.2, 0.25) is 0 Å². The number of aromatic hydroxyl groups is 2. The number of rotatable bonds is 5. The molecule has 1 aliphatic carbocycles. The molecule has 1 aliphatic rings. The van der Waals surface area contributed by atoms with Crippen molar-refractivity contribution in [3.05, 3.63) is 47.0 Å². The number of hydrogen-bond donors (Lipinski definition) is 2. The molecule has 2 aromatic carbocycles. The maximum absolute atomic E-state index is 11.5. The van der Waals surface area contributed by atoms with Crippen molar-refractivity contribution in [3.63, 3.8) is 0 Å². The van der Waals surface area contributed by atoms with Gasteiger partial charge in [0, 0.05) is 5.56 Å². The summed E-state index contributed by atoms with van der Waals surface area (Å²) in [6.07, 6.45) is 13.6. The summed E-state index contributed by atoms with van der Waals surface area (Å²) in [6, 6.07) is 11.1. The number of benzene rings is 2. The van der Waals surface area contributed by atoms with Gasteiger partial charge in [-0.25, -0.2) is 0 Å². The molecule has 3 unspecified atom stereocenters. The summed E-state index contributed by atoms with van der Waals surface area (Å²) in [7, 11) is 0. The Morgan fingerprint density at radius 2 is 1.63 bits per heavy atom. The van der Waals surface area contributed by atoms with Crippen molar-refractivity contribution >= 4 is 11.4 Å². The minimum absolute atomic E-state index is 0.0137. The number of phenolic OH excluding ortho intramolecular Hbond substituents is 2. The summed E-state index contributed by atoms with van der Waals surface area (Å²) in [5.74, 6) is 0.124. The SMILES string of the molecule is CCCC1(C)CCCCCCCCC(C)(CC)Cc2cc(c(O)c(N=Nc3cccc(C#N)c3)c2O)C1C. The third-order valence-corrected chi connectivity index (χ3v) is 9.18. The van der Waals surface area contributed by atoms with Crippen LogP contribution in [0, 0.1) is 22.2 Å². The zero-order valence-electron chi connectivity index (χ0n) is 24.2. The molecule has 206 valence electrons. The zero-order valence-corrected chi connectivity index (χ0v) is 24.2. The Morgan fingerprint density at radius 3 is 2.29 bits per heavy atom. The van der Waals surface area contributed by atoms with Crippen molar-refractivity contribution in [2.24, 2.45) is 21.1 Å². The summed E-state index contributed by atoms with van der Waals surface area (Å²) in [4.78, 5) is 0. The molecule has 0 aromatic heterocycles. The van der Waals surface area contributed by atoms with Crippen LogP contribution in [0.3, 0.4) is 0 Å². The smallest absolute Gasteiger partial charge is 0.169 e. The lowest BCUT2D eigenvalue weighted by Gasteiger charge is -2.37. The molecule has 0 radical (unpaired) electrons. The quantitative estimate of drug-likeness (QED) is 0.386. The molecule has 0 heterocycles. The van der Waals surface area contributed by atoms with E-state index in [1.165, 1.54) is 38.5 Å². The van der Waals surface area contributed by atoms with E-state index in [0.717, 1.165) is 49.7 Å². The van der Waals surface area contributed by atoms with Crippen molar-refractivity contribution in [2.45, 2.75) is 118 Å². The van der Waals surface area contributed by atoms with Crippen LogP contribution in [0.25, 0.3) is 0 Å². The lowest BCUT2D eigenvalue weighted by atomic mass is 9.68. The fraction of sp³-hybridized carbons (Fsp3) is 0.606. The fourth-order valence-corrected chi connectivity index (χ4v) is 6.17. The maximum Gasteiger partial charge on any atom is 0.169 e. The van der Waals surface area contributed by atoms with E-state index < -0.39 is 0 Å². The third-order valence-electron chi connectivity index (χ3n) is 9.18. The maximum atomic E-state index is 11.5. The predicted octanol–water partition coefficient (Wildman–Crippen LogP) is 10.4. The molecule has 38 heavy (non-hydrogen) atoms. The van der Waals surface area contributed by atoms with Crippen LogP contribution < -0.4 is 0 Å². The van der Waals surface area contributed by atoms with E-state index >= 15 is 0 Å². The molecule has 3 atom stereocenters. The summed E-state index contributed by atoms with van der Waals surface area (Å²) >= 11 is 0. The van der Waals surface area contributed by atoms with Crippen LogP contribution in [-0.2, 0) is 6.42 Å². The topological polar surface area (TPSA) is 89.0 Å². The first kappa shape index (κ1) is 29.7. The van der Waals surface area contributed by atoms with E-state index in [9.17, 15) is 15.5 Å². The molecular weight excluding hydrogens is 470 g/mol. The van der Waals surface area contributed by atoms with Crippen molar-refractivity contribution in [3.8, 4) is 17.6 Å². The highest BCUT2D eigenvalue weighted by atomic mass is 16.3. The average molecular weight is 518 g/mol. The van der Waals surface area contributed by atoms with Crippen LogP contribution in [-0.4, -0.2) is 10.2 Å². The van der Waals surface area contributed by atoms with Crippen molar-refractivity contribution in [1.29, 1.82) is 5.26 Å². The monoisotopic (exact) mass is 517 g/mol. The first-order valence-electron chi connectivity index (χ1n) is 14.7. The number of phenols is 2. The van der Waals surface area contributed by atoms with Crippen molar-refractivity contribution in [2.75, 3.05) is 0 Å². The number of nitrogens with zero attached hydrogens (tertiary/aromatic N) is 3. The van der Waals surface area contributed by atoms with E-state index in [-0.39, 0.29) is 33.9 Å². The zero-order chi connectivity index (χ0) is 27.8. The molecule has 2 aromatic rings. The van der Waals surface area contributed by atoms with Gasteiger partial charge < -0.3 is 10.2 Å². The first-order valence-corrected chi connectivity index (χ1v) is 14.7. The van der Waals surface area contributed by atoms with E-state index in [1.807, 2.05) is 6.07 Å². The second kappa shape index (κ2) is 13.3. The second-order valence-electron chi connectivity index (χ2n) is 12.1. The molecule has 3 rings (SSSR count). The molecule has 0 saturated carbocycles. The van der Waals surface area contributed by atoms with Crippen LogP contribution in [0.4, 0.5) is 11.4 Å². The largest absolute Gasteiger partial charge is 0.505 e. The van der Waals surface area contributed by atoms with Gasteiger partial charge in [0.05, 0.1) is 17.3 Å². The Labute approximate surface area is 230 Å². The third kappa shape index (κ3) is 7.16. The van der Waals surface area contributed by atoms with Crippen LogP contribution in [0.15, 0.2) is 40.6 Å². The van der Waals surface area contributed by atoms with E-state index in [4.69, 9.17) is 0 Å². The van der Waals surface area contributed by atoms with Crippen LogP contribution >= 0.6 is 0 Å². The van der Waals surface area contributed by atoms with Gasteiger partial charge >= 0.3 is 0 Å². The summed E-state index contributed by atoms with van der Waals surface area (Å²) in [6.45, 7) is 11.4. The first-order chi connectivity index (χ1) is 18.2. The highest BCUT2D eigenvalue weighted by molar-refractivity contribution is 5.68. The number of fused-ring (bicyclic) bond motifs is 2. The van der Waals surface area contributed by atoms with Gasteiger partial charge in [0.1, 0.15) is 11.5 Å². The molecule has 5 heteroatoms. The average Bonchev–Trinajstić information content (AvgIpc) is 2.91. The molecular formula is C33H47N3O2. The normalized spacial score (nSPS) is 25.4. The van der Waals surface area contributed by atoms with Gasteiger partial charge in [0.15, 0.2) is 5.69 Å². The molecule has 5 nitrogen and oxygen atoms in total. The Morgan fingerprint density at radius 1 is 0.947 bits per heavy atom. The van der Waals surface area contributed by atoms with Gasteiger partial charge in [-0.2, -0.15) is 10.4 Å². The minimum Gasteiger partial charge on any atom is -0.505 e. The standard InChI is InChI=1S/C33H47N3O2/c1-6-17-33(5)19-13-11-9-8-10-12-18-32(4,7-2)22-26-21-28(24(33)3)31(38)29(30(26)37)36-35-27-16-14-15-25(20-27)23-34/h14-16,20-21,24,37-38H,6-13,17-19,22H2,1-5H3. The van der Waals surface area contributed by atoms with E-state index in [0.29, 0.717) is 11.3 Å². The number of nitriles is 1. The fourth-order valence-electron chi connectivity index (χ4n) is 6.17. The Balaban J connectivity index is 2.17.